The lowest BCUT2D eigenvalue weighted by atomic mass is 10.2. The molecule has 0 saturated heterocycles. The Bertz CT molecular complexity index is 436. The molecule has 0 unspecified atom stereocenters. The van der Waals surface area contributed by atoms with Crippen LogP contribution in [0, 0.1) is 12.1 Å². The lowest BCUT2D eigenvalue weighted by molar-refractivity contribution is -0.792. The number of hydrogen-bond donors (Lipinski definition) is 0. The first-order chi connectivity index (χ1) is 5.68. The summed E-state index contributed by atoms with van der Waals surface area (Å²) >= 11 is 5.75. The topological polar surface area (TPSA) is 40.1 Å². The van der Waals surface area contributed by atoms with Crippen LogP contribution in [0.25, 0.3) is 11.0 Å². The van der Waals surface area contributed by atoms with Gasteiger partial charge in [0, 0.05) is 16.8 Å². The molecule has 0 N–H and O–H groups in total. The molecule has 0 bridgehead atoms. The lowest BCUT2D eigenvalue weighted by Gasteiger charge is -1.87. The highest BCUT2D eigenvalue weighted by molar-refractivity contribution is 6.31. The summed E-state index contributed by atoms with van der Waals surface area (Å²) in [5.74, 6) is 0. The molecule has 3 nitrogen and oxygen atoms in total. The van der Waals surface area contributed by atoms with Crippen LogP contribution in [0.5, 0.6) is 0 Å². The second kappa shape index (κ2) is 2.38. The SMILES string of the molecule is Cc1c2cc(Cl)ccc2o[n+]1[O-]. The van der Waals surface area contributed by atoms with E-state index in [1.165, 1.54) is 0 Å². The zero-order valence-electron chi connectivity index (χ0n) is 6.37. The van der Waals surface area contributed by atoms with Gasteiger partial charge in [-0.25, -0.2) is 0 Å². The van der Waals surface area contributed by atoms with Gasteiger partial charge in [0.1, 0.15) is 0 Å². The summed E-state index contributed by atoms with van der Waals surface area (Å²) in [5.41, 5.74) is 1.10. The molecule has 12 heavy (non-hydrogen) atoms. The number of benzene rings is 1. The van der Waals surface area contributed by atoms with E-state index in [1.807, 2.05) is 0 Å². The van der Waals surface area contributed by atoms with Gasteiger partial charge in [-0.1, -0.05) is 11.6 Å². The van der Waals surface area contributed by atoms with Crippen molar-refractivity contribution in [2.45, 2.75) is 6.92 Å². The van der Waals surface area contributed by atoms with Gasteiger partial charge in [-0.05, 0) is 18.2 Å². The average Bonchev–Trinajstić information content (AvgIpc) is 2.31. The van der Waals surface area contributed by atoms with Crippen molar-refractivity contribution < 1.29 is 9.43 Å². The molecular formula is C8H6ClNO2. The molecule has 2 rings (SSSR count). The molecule has 1 aromatic carbocycles. The van der Waals surface area contributed by atoms with Gasteiger partial charge in [0.15, 0.2) is 0 Å². The molecule has 1 heterocycles. The van der Waals surface area contributed by atoms with Crippen molar-refractivity contribution in [2.75, 3.05) is 0 Å². The molecule has 0 radical (unpaired) electrons. The molecular weight excluding hydrogens is 178 g/mol. The highest BCUT2D eigenvalue weighted by Gasteiger charge is 2.10. The van der Waals surface area contributed by atoms with Gasteiger partial charge in [-0.3, -0.25) is 5.21 Å². The number of rotatable bonds is 0. The number of aryl methyl sites for hydroxylation is 1. The fourth-order valence-electron chi connectivity index (χ4n) is 1.12. The second-order valence-electron chi connectivity index (χ2n) is 2.57. The molecule has 0 aliphatic carbocycles. The Kier molecular flexibility index (Phi) is 1.48. The molecule has 0 spiro atoms. The first-order valence-corrected chi connectivity index (χ1v) is 3.85. The Morgan fingerprint density at radius 3 is 3.00 bits per heavy atom. The number of halogens is 1. The first kappa shape index (κ1) is 7.43. The average molecular weight is 184 g/mol. The summed E-state index contributed by atoms with van der Waals surface area (Å²) in [6.45, 7) is 1.69. The van der Waals surface area contributed by atoms with Gasteiger partial charge in [0.2, 0.25) is 0 Å². The lowest BCUT2D eigenvalue weighted by Crippen LogP contribution is -2.25. The van der Waals surface area contributed by atoms with E-state index in [0.717, 1.165) is 5.39 Å². The molecule has 0 fully saturated rings. The molecule has 0 aliphatic rings. The molecule has 0 amide bonds. The fraction of sp³-hybridized carbons (Fsp3) is 0.125. The number of fused-ring (bicyclic) bond motifs is 1. The van der Waals surface area contributed by atoms with Crippen molar-refractivity contribution >= 4 is 22.6 Å². The Labute approximate surface area is 73.7 Å². The van der Waals surface area contributed by atoms with Crippen molar-refractivity contribution in [1.82, 2.24) is 0 Å². The van der Waals surface area contributed by atoms with E-state index in [0.29, 0.717) is 21.2 Å². The van der Waals surface area contributed by atoms with Crippen molar-refractivity contribution in [3.05, 3.63) is 34.1 Å². The molecule has 2 aromatic rings. The van der Waals surface area contributed by atoms with Crippen LogP contribution in [0.2, 0.25) is 5.02 Å². The Morgan fingerprint density at radius 1 is 1.50 bits per heavy atom. The summed E-state index contributed by atoms with van der Waals surface area (Å²) < 4.78 is 4.86. The smallest absolute Gasteiger partial charge is 0.250 e. The molecule has 0 saturated carbocycles. The van der Waals surface area contributed by atoms with E-state index in [4.69, 9.17) is 16.1 Å². The van der Waals surface area contributed by atoms with Gasteiger partial charge in [0.25, 0.3) is 5.69 Å². The molecule has 0 aliphatic heterocycles. The third kappa shape index (κ3) is 0.940. The molecule has 4 heteroatoms. The highest BCUT2D eigenvalue weighted by Crippen LogP contribution is 2.20. The van der Waals surface area contributed by atoms with Crippen LogP contribution in [0.1, 0.15) is 5.69 Å². The van der Waals surface area contributed by atoms with E-state index in [-0.39, 0.29) is 0 Å². The van der Waals surface area contributed by atoms with Crippen molar-refractivity contribution in [3.63, 3.8) is 0 Å². The Balaban J connectivity index is 2.88. The van der Waals surface area contributed by atoms with Crippen LogP contribution in [0.3, 0.4) is 0 Å². The Hall–Kier alpha value is -1.22. The van der Waals surface area contributed by atoms with Gasteiger partial charge < -0.3 is 4.52 Å². The van der Waals surface area contributed by atoms with E-state index >= 15 is 0 Å². The predicted octanol–water partition coefficient (Wildman–Crippen LogP) is 2.03. The van der Waals surface area contributed by atoms with Crippen molar-refractivity contribution in [2.24, 2.45) is 0 Å². The van der Waals surface area contributed by atoms with Crippen LogP contribution in [-0.4, -0.2) is 0 Å². The summed E-state index contributed by atoms with van der Waals surface area (Å²) in [4.78, 5) is 0.487. The predicted molar refractivity (Wildman–Crippen MR) is 44.9 cm³/mol. The second-order valence-corrected chi connectivity index (χ2v) is 3.01. The monoisotopic (exact) mass is 183 g/mol. The standard InChI is InChI=1S/C8H6ClNO2/c1-5-7-4-6(9)2-3-8(7)12-10(5)11/h2-4H,1H3. The van der Waals surface area contributed by atoms with E-state index < -0.39 is 0 Å². The maximum absolute atomic E-state index is 11.0. The van der Waals surface area contributed by atoms with Gasteiger partial charge in [-0.2, -0.15) is 0 Å². The molecule has 1 aromatic heterocycles. The summed E-state index contributed by atoms with van der Waals surface area (Å²) in [5, 5.41) is 12.3. The van der Waals surface area contributed by atoms with Crippen LogP contribution < -0.4 is 4.90 Å². The van der Waals surface area contributed by atoms with E-state index in [1.54, 1.807) is 25.1 Å². The van der Waals surface area contributed by atoms with Gasteiger partial charge in [0.05, 0.1) is 11.0 Å². The third-order valence-electron chi connectivity index (χ3n) is 1.79. The minimum Gasteiger partial charge on any atom is -0.366 e. The largest absolute Gasteiger partial charge is 0.366 e. The van der Waals surface area contributed by atoms with Crippen molar-refractivity contribution in [3.8, 4) is 0 Å². The van der Waals surface area contributed by atoms with Crippen LogP contribution in [-0.2, 0) is 0 Å². The number of hydrogen-bond acceptors (Lipinski definition) is 2. The zero-order valence-corrected chi connectivity index (χ0v) is 7.13. The van der Waals surface area contributed by atoms with E-state index in [2.05, 4.69) is 0 Å². The summed E-state index contributed by atoms with van der Waals surface area (Å²) in [6.07, 6.45) is 0. The normalized spacial score (nSPS) is 10.8. The zero-order chi connectivity index (χ0) is 8.72. The molecule has 0 atom stereocenters. The summed E-state index contributed by atoms with van der Waals surface area (Å²) in [7, 11) is 0. The summed E-state index contributed by atoms with van der Waals surface area (Å²) in [6, 6.07) is 5.08. The van der Waals surface area contributed by atoms with Crippen LogP contribution in [0.15, 0.2) is 22.7 Å². The third-order valence-corrected chi connectivity index (χ3v) is 2.02. The first-order valence-electron chi connectivity index (χ1n) is 3.47. The van der Waals surface area contributed by atoms with Crippen LogP contribution >= 0.6 is 11.6 Å². The number of aromatic nitrogens is 1. The van der Waals surface area contributed by atoms with Gasteiger partial charge in [-0.15, -0.1) is 0 Å². The minimum absolute atomic E-state index is 0.487. The van der Waals surface area contributed by atoms with Crippen molar-refractivity contribution in [1.29, 1.82) is 0 Å². The van der Waals surface area contributed by atoms with Crippen LogP contribution in [0.4, 0.5) is 0 Å². The maximum Gasteiger partial charge on any atom is 0.250 e. The number of nitrogens with zero attached hydrogens (tertiary/aromatic N) is 1. The highest BCUT2D eigenvalue weighted by atomic mass is 35.5. The van der Waals surface area contributed by atoms with Gasteiger partial charge >= 0.3 is 0 Å². The minimum atomic E-state index is 0.487. The molecule has 62 valence electrons. The fourth-order valence-corrected chi connectivity index (χ4v) is 1.29. The van der Waals surface area contributed by atoms with E-state index in [9.17, 15) is 5.21 Å². The maximum atomic E-state index is 11.0. The Morgan fingerprint density at radius 2 is 2.25 bits per heavy atom. The quantitative estimate of drug-likeness (QED) is 0.587.